The zero-order valence-corrected chi connectivity index (χ0v) is 22.1. The van der Waals surface area contributed by atoms with Gasteiger partial charge in [-0.05, 0) is 60.1 Å². The standard InChI is InChI=1S/C22H41IO3Si/c1-11-13-20(26-27(9,10)22(5,6)7)17(3)14-19(12-2)21(18(4)15-23)25-16-24-8/h11,14-15,19-21H,1,12-13,16H2,2-10H3/b17-14+,18-15+/t19-,20-,21-/m0/s1. The highest BCUT2D eigenvalue weighted by molar-refractivity contribution is 14.1. The minimum Gasteiger partial charge on any atom is -0.410 e. The second-order valence-electron chi connectivity index (χ2n) is 8.72. The van der Waals surface area contributed by atoms with Crippen molar-refractivity contribution in [2.75, 3.05) is 13.9 Å². The van der Waals surface area contributed by atoms with Crippen LogP contribution in [-0.4, -0.2) is 34.4 Å². The van der Waals surface area contributed by atoms with Crippen LogP contribution in [0.5, 0.6) is 0 Å². The van der Waals surface area contributed by atoms with Gasteiger partial charge in [-0.2, -0.15) is 0 Å². The molecule has 0 rings (SSSR count). The first-order valence-electron chi connectivity index (χ1n) is 9.79. The zero-order valence-electron chi connectivity index (χ0n) is 18.9. The Labute approximate surface area is 182 Å². The maximum absolute atomic E-state index is 6.72. The first kappa shape index (κ1) is 27.0. The van der Waals surface area contributed by atoms with Crippen molar-refractivity contribution in [3.05, 3.63) is 34.0 Å². The molecule has 0 aromatic rings. The number of hydrogen-bond acceptors (Lipinski definition) is 3. The van der Waals surface area contributed by atoms with Gasteiger partial charge >= 0.3 is 0 Å². The van der Waals surface area contributed by atoms with Crippen molar-refractivity contribution in [3.63, 3.8) is 0 Å². The molecule has 0 saturated heterocycles. The van der Waals surface area contributed by atoms with Gasteiger partial charge in [-0.25, -0.2) is 0 Å². The largest absolute Gasteiger partial charge is 0.410 e. The Kier molecular flexibility index (Phi) is 12.6. The summed E-state index contributed by atoms with van der Waals surface area (Å²) in [5, 5.41) is 0.182. The Bertz CT molecular complexity index is 506. The molecule has 0 aliphatic heterocycles. The summed E-state index contributed by atoms with van der Waals surface area (Å²) < 4.78 is 20.0. The van der Waals surface area contributed by atoms with Gasteiger partial charge in [0.2, 0.25) is 0 Å². The van der Waals surface area contributed by atoms with E-state index >= 15 is 0 Å². The molecule has 158 valence electrons. The van der Waals surface area contributed by atoms with Gasteiger partial charge in [-0.15, -0.1) is 6.58 Å². The predicted molar refractivity (Wildman–Crippen MR) is 129 cm³/mol. The van der Waals surface area contributed by atoms with Crippen LogP contribution in [0.4, 0.5) is 0 Å². The lowest BCUT2D eigenvalue weighted by Gasteiger charge is -2.39. The molecule has 0 N–H and O–H groups in total. The number of halogens is 1. The molecule has 0 radical (unpaired) electrons. The van der Waals surface area contributed by atoms with Crippen LogP contribution in [0.15, 0.2) is 34.0 Å². The van der Waals surface area contributed by atoms with Crippen molar-refractivity contribution in [1.29, 1.82) is 0 Å². The first-order valence-corrected chi connectivity index (χ1v) is 13.9. The third kappa shape index (κ3) is 8.94. The van der Waals surface area contributed by atoms with E-state index in [2.05, 4.69) is 94.0 Å². The van der Waals surface area contributed by atoms with Crippen molar-refractivity contribution in [2.24, 2.45) is 5.92 Å². The van der Waals surface area contributed by atoms with Crippen molar-refractivity contribution in [1.82, 2.24) is 0 Å². The van der Waals surface area contributed by atoms with Crippen LogP contribution in [0.25, 0.3) is 0 Å². The van der Waals surface area contributed by atoms with E-state index in [0.717, 1.165) is 12.8 Å². The summed E-state index contributed by atoms with van der Waals surface area (Å²) in [6, 6.07) is 0. The molecule has 0 spiro atoms. The van der Waals surface area contributed by atoms with E-state index < -0.39 is 8.32 Å². The molecule has 0 aromatic carbocycles. The predicted octanol–water partition coefficient (Wildman–Crippen LogP) is 7.25. The number of rotatable bonds is 12. The Morgan fingerprint density at radius 1 is 1.19 bits per heavy atom. The van der Waals surface area contributed by atoms with E-state index in [1.165, 1.54) is 11.1 Å². The second-order valence-corrected chi connectivity index (χ2v) is 14.1. The van der Waals surface area contributed by atoms with E-state index in [-0.39, 0.29) is 23.2 Å². The second kappa shape index (κ2) is 12.6. The minimum atomic E-state index is -1.86. The minimum absolute atomic E-state index is 0.0130. The lowest BCUT2D eigenvalue weighted by atomic mass is 9.91. The molecule has 0 unspecified atom stereocenters. The van der Waals surface area contributed by atoms with Crippen molar-refractivity contribution >= 4 is 30.9 Å². The van der Waals surface area contributed by atoms with Gasteiger partial charge in [-0.3, -0.25) is 0 Å². The van der Waals surface area contributed by atoms with Gasteiger partial charge in [-0.1, -0.05) is 62.4 Å². The van der Waals surface area contributed by atoms with Crippen molar-refractivity contribution in [2.45, 2.75) is 84.7 Å². The molecule has 0 aromatic heterocycles. The van der Waals surface area contributed by atoms with Gasteiger partial charge in [0.1, 0.15) is 6.79 Å². The molecule has 0 saturated carbocycles. The summed E-state index contributed by atoms with van der Waals surface area (Å²) in [4.78, 5) is 0. The normalized spacial score (nSPS) is 17.6. The van der Waals surface area contributed by atoms with Crippen LogP contribution < -0.4 is 0 Å². The summed E-state index contributed by atoms with van der Waals surface area (Å²) in [6.07, 6.45) is 6.21. The fourth-order valence-electron chi connectivity index (χ4n) is 2.67. The molecule has 0 aliphatic carbocycles. The molecule has 0 bridgehead atoms. The Balaban J connectivity index is 5.66. The van der Waals surface area contributed by atoms with Crippen molar-refractivity contribution < 1.29 is 13.9 Å². The van der Waals surface area contributed by atoms with Crippen LogP contribution in [0.1, 0.15) is 54.4 Å². The molecule has 3 atom stereocenters. The maximum atomic E-state index is 6.72. The highest BCUT2D eigenvalue weighted by Gasteiger charge is 2.39. The molecule has 5 heteroatoms. The topological polar surface area (TPSA) is 27.7 Å². The summed E-state index contributed by atoms with van der Waals surface area (Å²) in [7, 11) is -0.196. The van der Waals surface area contributed by atoms with Crippen molar-refractivity contribution in [3.8, 4) is 0 Å². The smallest absolute Gasteiger partial charge is 0.192 e. The van der Waals surface area contributed by atoms with Gasteiger partial charge < -0.3 is 13.9 Å². The van der Waals surface area contributed by atoms with E-state index in [0.29, 0.717) is 6.79 Å². The summed E-state index contributed by atoms with van der Waals surface area (Å²) >= 11 is 2.28. The van der Waals surface area contributed by atoms with Crippen LogP contribution >= 0.6 is 22.6 Å². The molecule has 0 amide bonds. The van der Waals surface area contributed by atoms with Crippen LogP contribution in [0.2, 0.25) is 18.1 Å². The third-order valence-corrected chi connectivity index (χ3v) is 10.9. The van der Waals surface area contributed by atoms with Gasteiger partial charge in [0, 0.05) is 13.0 Å². The average molecular weight is 509 g/mol. The fraction of sp³-hybridized carbons (Fsp3) is 0.727. The molecular weight excluding hydrogens is 467 g/mol. The lowest BCUT2D eigenvalue weighted by molar-refractivity contribution is -0.0715. The molecule has 0 fully saturated rings. The fourth-order valence-corrected chi connectivity index (χ4v) is 4.37. The molecule has 27 heavy (non-hydrogen) atoms. The Hall–Kier alpha value is 0.0469. The summed E-state index contributed by atoms with van der Waals surface area (Å²) in [5.74, 6) is 0.279. The van der Waals surface area contributed by atoms with E-state index in [1.54, 1.807) is 7.11 Å². The average Bonchev–Trinajstić information content (AvgIpc) is 2.58. The quantitative estimate of drug-likeness (QED) is 0.120. The van der Waals surface area contributed by atoms with Crippen LogP contribution in [0.3, 0.4) is 0 Å². The van der Waals surface area contributed by atoms with Gasteiger partial charge in [0.05, 0.1) is 12.2 Å². The Morgan fingerprint density at radius 2 is 1.78 bits per heavy atom. The molecular formula is C22H41IO3Si. The van der Waals surface area contributed by atoms with E-state index in [4.69, 9.17) is 13.9 Å². The summed E-state index contributed by atoms with van der Waals surface area (Å²) in [5.41, 5.74) is 2.48. The first-order chi connectivity index (χ1) is 12.4. The summed E-state index contributed by atoms with van der Waals surface area (Å²) in [6.45, 7) is 22.2. The SMILES string of the molecule is C=CC[C@H](O[Si](C)(C)C(C)(C)C)/C(C)=C/[C@H](CC)[C@@H](OCOC)/C(C)=C/I. The highest BCUT2D eigenvalue weighted by atomic mass is 127. The molecule has 0 heterocycles. The number of methoxy groups -OCH3 is 1. The van der Waals surface area contributed by atoms with E-state index in [1.807, 2.05) is 6.08 Å². The number of hydrogen-bond donors (Lipinski definition) is 0. The third-order valence-electron chi connectivity index (χ3n) is 5.46. The Morgan fingerprint density at radius 3 is 2.19 bits per heavy atom. The highest BCUT2D eigenvalue weighted by Crippen LogP contribution is 2.38. The molecule has 3 nitrogen and oxygen atoms in total. The monoisotopic (exact) mass is 508 g/mol. The van der Waals surface area contributed by atoms with Crippen LogP contribution in [0, 0.1) is 5.92 Å². The van der Waals surface area contributed by atoms with E-state index in [9.17, 15) is 0 Å². The van der Waals surface area contributed by atoms with Gasteiger partial charge in [0.15, 0.2) is 8.32 Å². The lowest BCUT2D eigenvalue weighted by Crippen LogP contribution is -2.44. The van der Waals surface area contributed by atoms with Crippen LogP contribution in [-0.2, 0) is 13.9 Å². The maximum Gasteiger partial charge on any atom is 0.192 e. The number of ether oxygens (including phenoxy) is 2. The molecule has 0 aliphatic rings. The zero-order chi connectivity index (χ0) is 21.3. The van der Waals surface area contributed by atoms with Gasteiger partial charge in [0.25, 0.3) is 0 Å².